The molecular weight excluding hydrogens is 320 g/mol. The van der Waals surface area contributed by atoms with Crippen LogP contribution in [0.2, 0.25) is 0 Å². The molecule has 0 aliphatic heterocycles. The molecule has 0 amide bonds. The number of benzene rings is 1. The lowest BCUT2D eigenvalue weighted by atomic mass is 10.1. The molecule has 0 unspecified atom stereocenters. The maximum Gasteiger partial charge on any atom is 0.248 e. The molecule has 0 spiro atoms. The minimum atomic E-state index is -0.236. The minimum Gasteiger partial charge on any atom is -0.452 e. The number of ketones is 1. The summed E-state index contributed by atoms with van der Waals surface area (Å²) >= 11 is 3.42. The first kappa shape index (κ1) is 13.0. The SMILES string of the molecule is Cc1nccnc1C(=O)c1oc2ccc(Br)cc2c1C. The zero-order chi connectivity index (χ0) is 14.3. The van der Waals surface area contributed by atoms with Gasteiger partial charge >= 0.3 is 0 Å². The van der Waals surface area contributed by atoms with Crippen molar-refractivity contribution in [1.29, 1.82) is 0 Å². The maximum atomic E-state index is 12.5. The normalized spacial score (nSPS) is 10.9. The fourth-order valence-corrected chi connectivity index (χ4v) is 2.51. The average Bonchev–Trinajstić information content (AvgIpc) is 2.76. The third-order valence-electron chi connectivity index (χ3n) is 3.20. The number of carbonyl (C=O) groups excluding carboxylic acids is 1. The summed E-state index contributed by atoms with van der Waals surface area (Å²) in [4.78, 5) is 20.7. The number of hydrogen-bond donors (Lipinski definition) is 0. The van der Waals surface area contributed by atoms with E-state index in [0.29, 0.717) is 22.7 Å². The van der Waals surface area contributed by atoms with Crippen molar-refractivity contribution in [2.24, 2.45) is 0 Å². The van der Waals surface area contributed by atoms with Crippen molar-refractivity contribution in [3.63, 3.8) is 0 Å². The zero-order valence-corrected chi connectivity index (χ0v) is 12.6. The van der Waals surface area contributed by atoms with Crippen LogP contribution in [0.4, 0.5) is 0 Å². The third-order valence-corrected chi connectivity index (χ3v) is 3.69. The van der Waals surface area contributed by atoms with E-state index in [2.05, 4.69) is 25.9 Å². The first-order chi connectivity index (χ1) is 9.58. The van der Waals surface area contributed by atoms with Crippen molar-refractivity contribution in [2.45, 2.75) is 13.8 Å². The number of aromatic nitrogens is 2. The number of nitrogens with zero attached hydrogens (tertiary/aromatic N) is 2. The second kappa shape index (κ2) is 4.83. The largest absolute Gasteiger partial charge is 0.452 e. The Morgan fingerprint density at radius 3 is 2.70 bits per heavy atom. The fraction of sp³-hybridized carbons (Fsp3) is 0.133. The van der Waals surface area contributed by atoms with Crippen LogP contribution in [0.25, 0.3) is 11.0 Å². The van der Waals surface area contributed by atoms with E-state index in [4.69, 9.17) is 4.42 Å². The van der Waals surface area contributed by atoms with Gasteiger partial charge in [-0.1, -0.05) is 15.9 Å². The van der Waals surface area contributed by atoms with Gasteiger partial charge in [0.1, 0.15) is 11.3 Å². The van der Waals surface area contributed by atoms with Crippen LogP contribution in [-0.4, -0.2) is 15.8 Å². The van der Waals surface area contributed by atoms with Crippen LogP contribution in [0, 0.1) is 13.8 Å². The summed E-state index contributed by atoms with van der Waals surface area (Å²) in [6.45, 7) is 3.63. The molecule has 4 nitrogen and oxygen atoms in total. The van der Waals surface area contributed by atoms with Gasteiger partial charge in [0.15, 0.2) is 5.76 Å². The summed E-state index contributed by atoms with van der Waals surface area (Å²) in [6, 6.07) is 5.66. The van der Waals surface area contributed by atoms with Crippen LogP contribution in [0.5, 0.6) is 0 Å². The second-order valence-electron chi connectivity index (χ2n) is 4.52. The van der Waals surface area contributed by atoms with E-state index in [1.54, 1.807) is 13.1 Å². The first-order valence-electron chi connectivity index (χ1n) is 6.09. The molecule has 1 aromatic carbocycles. The van der Waals surface area contributed by atoms with Crippen molar-refractivity contribution in [3.8, 4) is 0 Å². The van der Waals surface area contributed by atoms with E-state index in [1.165, 1.54) is 6.20 Å². The Balaban J connectivity index is 2.18. The molecule has 2 aromatic heterocycles. The number of hydrogen-bond acceptors (Lipinski definition) is 4. The highest BCUT2D eigenvalue weighted by Gasteiger charge is 2.22. The number of furan rings is 1. The molecule has 0 N–H and O–H groups in total. The van der Waals surface area contributed by atoms with E-state index in [9.17, 15) is 4.79 Å². The molecule has 100 valence electrons. The molecule has 2 heterocycles. The fourth-order valence-electron chi connectivity index (χ4n) is 2.15. The van der Waals surface area contributed by atoms with Crippen molar-refractivity contribution in [1.82, 2.24) is 9.97 Å². The van der Waals surface area contributed by atoms with Gasteiger partial charge in [-0.05, 0) is 32.0 Å². The zero-order valence-electron chi connectivity index (χ0n) is 11.0. The highest BCUT2D eigenvalue weighted by Crippen LogP contribution is 2.29. The van der Waals surface area contributed by atoms with Gasteiger partial charge in [-0.2, -0.15) is 0 Å². The molecule has 3 aromatic rings. The summed E-state index contributed by atoms with van der Waals surface area (Å²) in [6.07, 6.45) is 3.07. The Morgan fingerprint density at radius 2 is 1.95 bits per heavy atom. The van der Waals surface area contributed by atoms with Crippen LogP contribution < -0.4 is 0 Å². The van der Waals surface area contributed by atoms with Crippen LogP contribution in [-0.2, 0) is 0 Å². The molecular formula is C15H11BrN2O2. The quantitative estimate of drug-likeness (QED) is 0.670. The van der Waals surface area contributed by atoms with E-state index < -0.39 is 0 Å². The number of fused-ring (bicyclic) bond motifs is 1. The Morgan fingerprint density at radius 1 is 1.20 bits per heavy atom. The smallest absolute Gasteiger partial charge is 0.248 e. The van der Waals surface area contributed by atoms with Gasteiger partial charge in [-0.25, -0.2) is 4.98 Å². The summed E-state index contributed by atoms with van der Waals surface area (Å²) in [5, 5.41) is 0.921. The summed E-state index contributed by atoms with van der Waals surface area (Å²) < 4.78 is 6.63. The van der Waals surface area contributed by atoms with Gasteiger partial charge in [0.25, 0.3) is 0 Å². The van der Waals surface area contributed by atoms with Crippen molar-refractivity contribution >= 4 is 32.7 Å². The van der Waals surface area contributed by atoms with E-state index in [-0.39, 0.29) is 5.78 Å². The van der Waals surface area contributed by atoms with Crippen molar-refractivity contribution < 1.29 is 9.21 Å². The van der Waals surface area contributed by atoms with Gasteiger partial charge in [0.2, 0.25) is 5.78 Å². The van der Waals surface area contributed by atoms with Gasteiger partial charge < -0.3 is 4.42 Å². The number of aryl methyl sites for hydroxylation is 2. The molecule has 5 heteroatoms. The molecule has 0 saturated carbocycles. The Hall–Kier alpha value is -2.01. The van der Waals surface area contributed by atoms with E-state index in [1.807, 2.05) is 25.1 Å². The average molecular weight is 331 g/mol. The topological polar surface area (TPSA) is 56.0 Å². The lowest BCUT2D eigenvalue weighted by Crippen LogP contribution is -2.07. The van der Waals surface area contributed by atoms with Gasteiger partial charge in [-0.15, -0.1) is 0 Å². The molecule has 0 saturated heterocycles. The number of halogens is 1. The predicted octanol–water partition coefficient (Wildman–Crippen LogP) is 3.83. The molecule has 3 rings (SSSR count). The van der Waals surface area contributed by atoms with E-state index in [0.717, 1.165) is 15.4 Å². The minimum absolute atomic E-state index is 0.236. The highest BCUT2D eigenvalue weighted by molar-refractivity contribution is 9.10. The summed E-state index contributed by atoms with van der Waals surface area (Å²) in [5.41, 5.74) is 2.43. The molecule has 0 radical (unpaired) electrons. The molecule has 0 bridgehead atoms. The van der Waals surface area contributed by atoms with Crippen molar-refractivity contribution in [3.05, 3.63) is 57.8 Å². The first-order valence-corrected chi connectivity index (χ1v) is 6.88. The lowest BCUT2D eigenvalue weighted by molar-refractivity contribution is 0.100. The standard InChI is InChI=1S/C15H11BrN2O2/c1-8-11-7-10(16)3-4-12(11)20-15(8)14(19)13-9(2)17-5-6-18-13/h3-7H,1-2H3. The van der Waals surface area contributed by atoms with E-state index >= 15 is 0 Å². The molecule has 0 atom stereocenters. The monoisotopic (exact) mass is 330 g/mol. The molecule has 20 heavy (non-hydrogen) atoms. The van der Waals surface area contributed by atoms with Gasteiger partial charge in [0, 0.05) is 27.8 Å². The predicted molar refractivity (Wildman–Crippen MR) is 78.9 cm³/mol. The van der Waals surface area contributed by atoms with Crippen LogP contribution in [0.1, 0.15) is 27.5 Å². The van der Waals surface area contributed by atoms with Crippen molar-refractivity contribution in [2.75, 3.05) is 0 Å². The summed E-state index contributed by atoms with van der Waals surface area (Å²) in [7, 11) is 0. The maximum absolute atomic E-state index is 12.5. The Kier molecular flexibility index (Phi) is 3.14. The second-order valence-corrected chi connectivity index (χ2v) is 5.43. The van der Waals surface area contributed by atoms with Gasteiger partial charge in [0.05, 0.1) is 5.69 Å². The van der Waals surface area contributed by atoms with Crippen LogP contribution in [0.3, 0.4) is 0 Å². The van der Waals surface area contributed by atoms with Crippen LogP contribution >= 0.6 is 15.9 Å². The number of rotatable bonds is 2. The molecule has 0 aliphatic carbocycles. The molecule has 0 aliphatic rings. The Bertz CT molecular complexity index is 824. The summed E-state index contributed by atoms with van der Waals surface area (Å²) in [5.74, 6) is 0.0853. The lowest BCUT2D eigenvalue weighted by Gasteiger charge is -2.00. The highest BCUT2D eigenvalue weighted by atomic mass is 79.9. The third kappa shape index (κ3) is 2.04. The number of carbonyl (C=O) groups is 1. The molecule has 0 fully saturated rings. The van der Waals surface area contributed by atoms with Crippen LogP contribution in [0.15, 0.2) is 39.5 Å². The van der Waals surface area contributed by atoms with Gasteiger partial charge in [-0.3, -0.25) is 9.78 Å². The Labute approximate surface area is 124 Å².